The molecule has 0 spiro atoms. The van der Waals surface area contributed by atoms with Crippen LogP contribution in [0.3, 0.4) is 0 Å². The van der Waals surface area contributed by atoms with Crippen molar-refractivity contribution in [2.75, 3.05) is 5.32 Å². The summed E-state index contributed by atoms with van der Waals surface area (Å²) < 4.78 is 0. The van der Waals surface area contributed by atoms with E-state index in [1.54, 1.807) is 6.33 Å². The maximum absolute atomic E-state index is 4.16. The van der Waals surface area contributed by atoms with Crippen LogP contribution in [0.5, 0.6) is 0 Å². The van der Waals surface area contributed by atoms with Crippen molar-refractivity contribution in [3.63, 3.8) is 0 Å². The number of aromatic nitrogens is 2. The van der Waals surface area contributed by atoms with E-state index >= 15 is 0 Å². The zero-order valence-corrected chi connectivity index (χ0v) is 8.20. The zero-order valence-electron chi connectivity index (χ0n) is 8.20. The molecule has 0 unspecified atom stereocenters. The van der Waals surface area contributed by atoms with Crippen molar-refractivity contribution in [2.24, 2.45) is 0 Å². The number of allylic oxidation sites excluding steroid dienone is 3. The van der Waals surface area contributed by atoms with E-state index in [4.69, 9.17) is 0 Å². The second-order valence-electron chi connectivity index (χ2n) is 3.20. The maximum Gasteiger partial charge on any atom is 0.179 e. The van der Waals surface area contributed by atoms with Gasteiger partial charge in [-0.3, -0.25) is 4.98 Å². The van der Waals surface area contributed by atoms with E-state index in [-0.39, 0.29) is 0 Å². The lowest BCUT2D eigenvalue weighted by Crippen LogP contribution is -2.16. The van der Waals surface area contributed by atoms with Gasteiger partial charge in [0.15, 0.2) is 7.28 Å². The lowest BCUT2D eigenvalue weighted by molar-refractivity contribution is 1.15. The minimum Gasteiger partial charge on any atom is -0.343 e. The first-order valence-corrected chi connectivity index (χ1v) is 4.82. The highest BCUT2D eigenvalue weighted by molar-refractivity contribution is 6.50. The number of hydrogen-bond acceptors (Lipinski definition) is 3. The van der Waals surface area contributed by atoms with E-state index in [2.05, 4.69) is 34.3 Å². The van der Waals surface area contributed by atoms with Crippen molar-refractivity contribution in [1.82, 2.24) is 9.97 Å². The third-order valence-electron chi connectivity index (χ3n) is 2.15. The van der Waals surface area contributed by atoms with Gasteiger partial charge in [0.2, 0.25) is 0 Å². The molecule has 70 valence electrons. The Morgan fingerprint density at radius 1 is 1.43 bits per heavy atom. The smallest absolute Gasteiger partial charge is 0.179 e. The molecule has 4 heteroatoms. The van der Waals surface area contributed by atoms with Gasteiger partial charge in [-0.15, -0.1) is 0 Å². The minimum absolute atomic E-state index is 0.881. The van der Waals surface area contributed by atoms with Gasteiger partial charge in [-0.2, -0.15) is 0 Å². The molecule has 0 bridgehead atoms. The molecule has 2 rings (SSSR count). The van der Waals surface area contributed by atoms with Gasteiger partial charge >= 0.3 is 0 Å². The SMILES string of the molecule is CBc1cc(NC2=CC=CC2)ncn1. The standard InChI is InChI=1S/C10H12BN3/c1-11-9-6-10(13-7-12-9)14-8-4-2-3-5-8/h2-4,6-7,11H,5H2,1H3,(H,12,13,14). The van der Waals surface area contributed by atoms with Crippen LogP contribution in [0.2, 0.25) is 6.82 Å². The number of anilines is 1. The summed E-state index contributed by atoms with van der Waals surface area (Å²) in [7, 11) is 0.939. The summed E-state index contributed by atoms with van der Waals surface area (Å²) >= 11 is 0. The Kier molecular flexibility index (Phi) is 2.63. The van der Waals surface area contributed by atoms with Crippen LogP contribution in [0.1, 0.15) is 6.42 Å². The lowest BCUT2D eigenvalue weighted by Gasteiger charge is -2.06. The van der Waals surface area contributed by atoms with E-state index < -0.39 is 0 Å². The van der Waals surface area contributed by atoms with Gasteiger partial charge in [0.1, 0.15) is 12.1 Å². The molecule has 14 heavy (non-hydrogen) atoms. The van der Waals surface area contributed by atoms with Crippen molar-refractivity contribution >= 4 is 18.7 Å². The van der Waals surface area contributed by atoms with Gasteiger partial charge in [0.25, 0.3) is 0 Å². The first-order valence-electron chi connectivity index (χ1n) is 4.82. The molecule has 1 aromatic heterocycles. The molecule has 1 aliphatic rings. The number of nitrogens with zero attached hydrogens (tertiary/aromatic N) is 2. The molecule has 0 atom stereocenters. The molecule has 0 aliphatic heterocycles. The topological polar surface area (TPSA) is 37.8 Å². The average Bonchev–Trinajstić information content (AvgIpc) is 2.71. The van der Waals surface area contributed by atoms with Gasteiger partial charge in [0, 0.05) is 17.7 Å². The summed E-state index contributed by atoms with van der Waals surface area (Å²) in [5, 5.41) is 3.26. The van der Waals surface area contributed by atoms with E-state index in [1.165, 1.54) is 5.70 Å². The Bertz CT molecular complexity index is 385. The minimum atomic E-state index is 0.881. The normalized spacial score (nSPS) is 13.9. The molecule has 1 N–H and O–H groups in total. The van der Waals surface area contributed by atoms with Crippen LogP contribution < -0.4 is 10.9 Å². The third kappa shape index (κ3) is 2.02. The molecular weight excluding hydrogens is 173 g/mol. The third-order valence-corrected chi connectivity index (χ3v) is 2.15. The van der Waals surface area contributed by atoms with E-state index in [0.717, 1.165) is 25.1 Å². The highest BCUT2D eigenvalue weighted by atomic mass is 15.0. The zero-order chi connectivity index (χ0) is 9.80. The van der Waals surface area contributed by atoms with Crippen LogP contribution in [0.15, 0.2) is 36.3 Å². The highest BCUT2D eigenvalue weighted by Crippen LogP contribution is 2.12. The molecule has 0 radical (unpaired) electrons. The maximum atomic E-state index is 4.16. The second kappa shape index (κ2) is 4.09. The Hall–Kier alpha value is -1.58. The fourth-order valence-corrected chi connectivity index (χ4v) is 1.36. The van der Waals surface area contributed by atoms with Crippen molar-refractivity contribution < 1.29 is 0 Å². The fraction of sp³-hybridized carbons (Fsp3) is 0.200. The van der Waals surface area contributed by atoms with Crippen LogP contribution >= 0.6 is 0 Å². The van der Waals surface area contributed by atoms with Gasteiger partial charge < -0.3 is 5.32 Å². The summed E-state index contributed by atoms with van der Waals surface area (Å²) in [6.45, 7) is 2.09. The van der Waals surface area contributed by atoms with Crippen LogP contribution in [0, 0.1) is 0 Å². The monoisotopic (exact) mass is 185 g/mol. The molecule has 0 saturated carbocycles. The number of nitrogens with one attached hydrogen (secondary N) is 1. The average molecular weight is 185 g/mol. The van der Waals surface area contributed by atoms with Crippen molar-refractivity contribution in [1.29, 1.82) is 0 Å². The quantitative estimate of drug-likeness (QED) is 0.709. The highest BCUT2D eigenvalue weighted by Gasteiger charge is 2.01. The first-order chi connectivity index (χ1) is 6.88. The van der Waals surface area contributed by atoms with Crippen LogP contribution in [-0.4, -0.2) is 17.2 Å². The number of hydrogen-bond donors (Lipinski definition) is 1. The molecule has 0 aromatic carbocycles. The molecule has 0 saturated heterocycles. The van der Waals surface area contributed by atoms with E-state index in [9.17, 15) is 0 Å². The van der Waals surface area contributed by atoms with Crippen LogP contribution in [0.25, 0.3) is 0 Å². The summed E-state index contributed by atoms with van der Waals surface area (Å²) in [6, 6.07) is 1.99. The lowest BCUT2D eigenvalue weighted by atomic mass is 9.78. The van der Waals surface area contributed by atoms with Gasteiger partial charge in [-0.1, -0.05) is 19.0 Å². The van der Waals surface area contributed by atoms with Crippen molar-refractivity contribution in [3.8, 4) is 0 Å². The molecule has 3 nitrogen and oxygen atoms in total. The Balaban J connectivity index is 2.09. The first kappa shape index (κ1) is 9.00. The van der Waals surface area contributed by atoms with Gasteiger partial charge in [0.05, 0.1) is 0 Å². The van der Waals surface area contributed by atoms with Crippen LogP contribution in [-0.2, 0) is 0 Å². The Labute approximate surface area is 84.2 Å². The molecule has 1 aromatic rings. The van der Waals surface area contributed by atoms with Gasteiger partial charge in [-0.25, -0.2) is 4.98 Å². The Morgan fingerprint density at radius 2 is 2.36 bits per heavy atom. The molecule has 1 heterocycles. The molecule has 0 fully saturated rings. The second-order valence-corrected chi connectivity index (χ2v) is 3.20. The molecular formula is C10H12BN3. The fourth-order valence-electron chi connectivity index (χ4n) is 1.36. The van der Waals surface area contributed by atoms with E-state index in [0.29, 0.717) is 0 Å². The predicted octanol–water partition coefficient (Wildman–Crippen LogP) is 0.842. The van der Waals surface area contributed by atoms with Crippen molar-refractivity contribution in [3.05, 3.63) is 36.3 Å². The Morgan fingerprint density at radius 3 is 3.07 bits per heavy atom. The van der Waals surface area contributed by atoms with Crippen LogP contribution in [0.4, 0.5) is 5.82 Å². The molecule has 1 aliphatic carbocycles. The molecule has 0 amide bonds. The summed E-state index contributed by atoms with van der Waals surface area (Å²) in [5.41, 5.74) is 2.25. The van der Waals surface area contributed by atoms with E-state index in [1.807, 2.05) is 12.1 Å². The number of rotatable bonds is 3. The van der Waals surface area contributed by atoms with Gasteiger partial charge in [-0.05, 0) is 12.1 Å². The van der Waals surface area contributed by atoms with Crippen molar-refractivity contribution in [2.45, 2.75) is 13.2 Å². The summed E-state index contributed by atoms with van der Waals surface area (Å²) in [4.78, 5) is 8.31. The summed E-state index contributed by atoms with van der Waals surface area (Å²) in [5.74, 6) is 0.881. The largest absolute Gasteiger partial charge is 0.343 e. The summed E-state index contributed by atoms with van der Waals surface area (Å²) in [6.07, 6.45) is 8.79. The predicted molar refractivity (Wildman–Crippen MR) is 60.1 cm³/mol.